The van der Waals surface area contributed by atoms with Crippen LogP contribution < -0.4 is 24.8 Å². The number of nitrogens with one attached hydrogen (secondary N) is 2. The molecule has 0 saturated carbocycles. The van der Waals surface area contributed by atoms with Gasteiger partial charge in [0.1, 0.15) is 0 Å². The van der Waals surface area contributed by atoms with Crippen molar-refractivity contribution >= 4 is 28.2 Å². The molecule has 3 aromatic rings. The SMILES string of the molecule is COc1cc(NC(=O)Nc2nc(CN3CCc4ccccc4C3)cs2)cc(OC)c1OC. The summed E-state index contributed by atoms with van der Waals surface area (Å²) < 4.78 is 16.0. The minimum atomic E-state index is -0.396. The predicted octanol–water partition coefficient (Wildman–Crippen LogP) is 4.37. The molecule has 1 aliphatic rings. The van der Waals surface area contributed by atoms with E-state index in [1.54, 1.807) is 12.1 Å². The lowest BCUT2D eigenvalue weighted by atomic mass is 10.00. The molecule has 0 unspecified atom stereocenters. The number of hydrogen-bond acceptors (Lipinski definition) is 7. The zero-order chi connectivity index (χ0) is 22.5. The highest BCUT2D eigenvalue weighted by molar-refractivity contribution is 7.13. The van der Waals surface area contributed by atoms with Crippen LogP contribution in [0.1, 0.15) is 16.8 Å². The molecule has 1 aliphatic heterocycles. The molecular formula is C23H26N4O4S. The minimum Gasteiger partial charge on any atom is -0.493 e. The third kappa shape index (κ3) is 4.95. The first-order chi connectivity index (χ1) is 15.6. The lowest BCUT2D eigenvalue weighted by molar-refractivity contribution is 0.243. The molecule has 0 saturated heterocycles. The number of ether oxygens (including phenoxy) is 3. The fourth-order valence-corrected chi connectivity index (χ4v) is 4.46. The maximum Gasteiger partial charge on any atom is 0.325 e. The number of thiazole rings is 1. The van der Waals surface area contributed by atoms with Gasteiger partial charge in [-0.3, -0.25) is 10.2 Å². The van der Waals surface area contributed by atoms with Crippen molar-refractivity contribution in [2.45, 2.75) is 19.5 Å². The number of amides is 2. The standard InChI is InChI=1S/C23H26N4O4S/c1-29-19-10-17(11-20(30-2)21(19)31-3)24-22(28)26-23-25-18(14-32-23)13-27-9-8-15-6-4-5-7-16(15)12-27/h4-7,10-11,14H,8-9,12-13H2,1-3H3,(H2,24,25,26,28). The Morgan fingerprint density at radius 3 is 2.47 bits per heavy atom. The number of methoxy groups -OCH3 is 3. The maximum absolute atomic E-state index is 12.5. The molecule has 4 rings (SSSR count). The second kappa shape index (κ2) is 9.88. The summed E-state index contributed by atoms with van der Waals surface area (Å²) in [6, 6.07) is 11.5. The van der Waals surface area contributed by atoms with Crippen LogP contribution in [0.25, 0.3) is 0 Å². The Balaban J connectivity index is 1.36. The Morgan fingerprint density at radius 2 is 1.78 bits per heavy atom. The molecule has 1 aromatic heterocycles. The maximum atomic E-state index is 12.5. The number of anilines is 2. The summed E-state index contributed by atoms with van der Waals surface area (Å²) in [5.41, 5.74) is 4.25. The minimum absolute atomic E-state index is 0.396. The second-order valence-electron chi connectivity index (χ2n) is 7.37. The van der Waals surface area contributed by atoms with Gasteiger partial charge >= 0.3 is 6.03 Å². The molecule has 8 nitrogen and oxygen atoms in total. The Bertz CT molecular complexity index is 1080. The molecule has 0 fully saturated rings. The van der Waals surface area contributed by atoms with Crippen LogP contribution in [0.2, 0.25) is 0 Å². The number of carbonyl (C=O) groups is 1. The number of benzene rings is 2. The predicted molar refractivity (Wildman–Crippen MR) is 125 cm³/mol. The van der Waals surface area contributed by atoms with Gasteiger partial charge in [-0.2, -0.15) is 0 Å². The van der Waals surface area contributed by atoms with Crippen LogP contribution in [0.5, 0.6) is 17.2 Å². The van der Waals surface area contributed by atoms with Gasteiger partial charge < -0.3 is 19.5 Å². The number of aromatic nitrogens is 1. The molecule has 2 aromatic carbocycles. The van der Waals surface area contributed by atoms with Crippen LogP contribution in [-0.2, 0) is 19.5 Å². The topological polar surface area (TPSA) is 85.0 Å². The number of carbonyl (C=O) groups excluding carboxylic acids is 1. The fourth-order valence-electron chi connectivity index (χ4n) is 3.77. The summed E-state index contributed by atoms with van der Waals surface area (Å²) in [6.07, 6.45) is 1.04. The average Bonchev–Trinajstić information content (AvgIpc) is 3.24. The second-order valence-corrected chi connectivity index (χ2v) is 8.22. The first kappa shape index (κ1) is 21.9. The molecule has 0 bridgehead atoms. The van der Waals surface area contributed by atoms with E-state index in [1.807, 2.05) is 5.38 Å². The van der Waals surface area contributed by atoms with Crippen LogP contribution in [0.4, 0.5) is 15.6 Å². The first-order valence-corrected chi connectivity index (χ1v) is 11.1. The van der Waals surface area contributed by atoms with Crippen molar-refractivity contribution in [3.05, 3.63) is 58.6 Å². The van der Waals surface area contributed by atoms with Crippen LogP contribution in [-0.4, -0.2) is 43.8 Å². The summed E-state index contributed by atoms with van der Waals surface area (Å²) in [6.45, 7) is 2.66. The van der Waals surface area contributed by atoms with E-state index < -0.39 is 6.03 Å². The highest BCUT2D eigenvalue weighted by Crippen LogP contribution is 2.40. The molecule has 0 aliphatic carbocycles. The van der Waals surface area contributed by atoms with E-state index in [0.29, 0.717) is 28.1 Å². The van der Waals surface area contributed by atoms with Gasteiger partial charge in [-0.1, -0.05) is 24.3 Å². The van der Waals surface area contributed by atoms with Crippen LogP contribution in [0, 0.1) is 0 Å². The average molecular weight is 455 g/mol. The van der Waals surface area contributed by atoms with Crippen LogP contribution in [0.3, 0.4) is 0 Å². The third-order valence-electron chi connectivity index (χ3n) is 5.29. The van der Waals surface area contributed by atoms with Crippen LogP contribution in [0.15, 0.2) is 41.8 Å². The number of nitrogens with zero attached hydrogens (tertiary/aromatic N) is 2. The third-order valence-corrected chi connectivity index (χ3v) is 6.10. The van der Waals surface area contributed by atoms with Gasteiger partial charge in [0.15, 0.2) is 16.6 Å². The van der Waals surface area contributed by atoms with E-state index in [1.165, 1.54) is 43.8 Å². The molecular weight excluding hydrogens is 428 g/mol. The number of hydrogen-bond donors (Lipinski definition) is 2. The monoisotopic (exact) mass is 454 g/mol. The molecule has 32 heavy (non-hydrogen) atoms. The molecule has 0 atom stereocenters. The Labute approximate surface area is 191 Å². The lowest BCUT2D eigenvalue weighted by Crippen LogP contribution is -2.30. The molecule has 2 N–H and O–H groups in total. The fraction of sp³-hybridized carbons (Fsp3) is 0.304. The van der Waals surface area contributed by atoms with Crippen molar-refractivity contribution in [3.63, 3.8) is 0 Å². The summed E-state index contributed by atoms with van der Waals surface area (Å²) in [7, 11) is 4.58. The first-order valence-electron chi connectivity index (χ1n) is 10.2. The number of rotatable bonds is 7. The normalized spacial score (nSPS) is 13.2. The highest BCUT2D eigenvalue weighted by atomic mass is 32.1. The molecule has 2 amide bonds. The summed E-state index contributed by atoms with van der Waals surface area (Å²) in [5, 5.41) is 8.10. The van der Waals surface area contributed by atoms with Gasteiger partial charge in [-0.05, 0) is 17.5 Å². The molecule has 0 radical (unpaired) electrons. The smallest absolute Gasteiger partial charge is 0.325 e. The zero-order valence-electron chi connectivity index (χ0n) is 18.3. The van der Waals surface area contributed by atoms with Gasteiger partial charge in [0, 0.05) is 37.1 Å². The molecule has 0 spiro atoms. The van der Waals surface area contributed by atoms with Crippen LogP contribution >= 0.6 is 11.3 Å². The largest absolute Gasteiger partial charge is 0.493 e. The number of urea groups is 1. The number of fused-ring (bicyclic) bond motifs is 1. The van der Waals surface area contributed by atoms with E-state index in [0.717, 1.165) is 31.7 Å². The molecule has 168 valence electrons. The highest BCUT2D eigenvalue weighted by Gasteiger charge is 2.18. The van der Waals surface area contributed by atoms with Gasteiger partial charge in [0.05, 0.1) is 32.7 Å². The van der Waals surface area contributed by atoms with E-state index >= 15 is 0 Å². The van der Waals surface area contributed by atoms with Crippen molar-refractivity contribution < 1.29 is 19.0 Å². The van der Waals surface area contributed by atoms with Gasteiger partial charge in [-0.15, -0.1) is 11.3 Å². The summed E-state index contributed by atoms with van der Waals surface area (Å²) in [4.78, 5) is 19.4. The molecule has 2 heterocycles. The van der Waals surface area contributed by atoms with E-state index in [4.69, 9.17) is 14.2 Å². The summed E-state index contributed by atoms with van der Waals surface area (Å²) >= 11 is 1.40. The van der Waals surface area contributed by atoms with Crippen molar-refractivity contribution in [2.75, 3.05) is 38.5 Å². The van der Waals surface area contributed by atoms with Gasteiger partial charge in [-0.25, -0.2) is 9.78 Å². The van der Waals surface area contributed by atoms with E-state index in [-0.39, 0.29) is 0 Å². The van der Waals surface area contributed by atoms with E-state index in [9.17, 15) is 4.79 Å². The molecule has 9 heteroatoms. The summed E-state index contributed by atoms with van der Waals surface area (Å²) in [5.74, 6) is 1.38. The van der Waals surface area contributed by atoms with Crippen molar-refractivity contribution in [3.8, 4) is 17.2 Å². The van der Waals surface area contributed by atoms with E-state index in [2.05, 4.69) is 44.8 Å². The lowest BCUT2D eigenvalue weighted by Gasteiger charge is -2.27. The van der Waals surface area contributed by atoms with Crippen molar-refractivity contribution in [2.24, 2.45) is 0 Å². The van der Waals surface area contributed by atoms with Gasteiger partial charge in [0.2, 0.25) is 5.75 Å². The Morgan fingerprint density at radius 1 is 1.06 bits per heavy atom. The quantitative estimate of drug-likeness (QED) is 0.551. The van der Waals surface area contributed by atoms with Crippen molar-refractivity contribution in [1.29, 1.82) is 0 Å². The van der Waals surface area contributed by atoms with Crippen molar-refractivity contribution in [1.82, 2.24) is 9.88 Å². The zero-order valence-corrected chi connectivity index (χ0v) is 19.1. The Kier molecular flexibility index (Phi) is 6.77. The van der Waals surface area contributed by atoms with Gasteiger partial charge in [0.25, 0.3) is 0 Å². The Hall–Kier alpha value is -3.30.